The second-order valence-corrected chi connectivity index (χ2v) is 11.9. The fourth-order valence-corrected chi connectivity index (χ4v) is 6.74. The van der Waals surface area contributed by atoms with E-state index in [-0.39, 0.29) is 16.3 Å². The normalized spacial score (nSPS) is 15.1. The van der Waals surface area contributed by atoms with Crippen LogP contribution in [0.3, 0.4) is 0 Å². The molecule has 1 aliphatic rings. The summed E-state index contributed by atoms with van der Waals surface area (Å²) in [5.41, 5.74) is 2.21. The largest absolute Gasteiger partial charge is 0.493 e. The van der Waals surface area contributed by atoms with Crippen molar-refractivity contribution < 1.29 is 22.9 Å². The van der Waals surface area contributed by atoms with Crippen molar-refractivity contribution in [2.45, 2.75) is 57.3 Å². The van der Waals surface area contributed by atoms with Crippen LogP contribution in [-0.2, 0) is 28.3 Å². The van der Waals surface area contributed by atoms with Crippen molar-refractivity contribution in [3.05, 3.63) is 45.2 Å². The monoisotopic (exact) mass is 560 g/mol. The maximum atomic E-state index is 13.6. The quantitative estimate of drug-likeness (QED) is 0.264. The van der Waals surface area contributed by atoms with Gasteiger partial charge in [0, 0.05) is 26.3 Å². The van der Waals surface area contributed by atoms with E-state index in [1.165, 1.54) is 11.4 Å². The first-order valence-corrected chi connectivity index (χ1v) is 15.0. The summed E-state index contributed by atoms with van der Waals surface area (Å²) >= 11 is 0. The van der Waals surface area contributed by atoms with E-state index in [1.54, 1.807) is 22.8 Å². The van der Waals surface area contributed by atoms with Gasteiger partial charge < -0.3 is 14.3 Å². The molecule has 3 aromatic rings. The third kappa shape index (κ3) is 6.33. The SMILES string of the molecule is CCCc1cn(C)c2c(=O)[nH]c(-c3cc(S(=O)(=O)N4CCC(CCCO[N+](C)=O)CC4)ccc3OCC)nc12. The molecule has 1 N–H and O–H groups in total. The molecule has 12 heteroatoms. The van der Waals surface area contributed by atoms with Crippen molar-refractivity contribution in [1.29, 1.82) is 0 Å². The Labute approximate surface area is 228 Å². The number of nitrogens with one attached hydrogen (secondary N) is 1. The van der Waals surface area contributed by atoms with Gasteiger partial charge in [0.05, 0.1) is 27.5 Å². The van der Waals surface area contributed by atoms with Crippen LogP contribution < -0.4 is 10.3 Å². The van der Waals surface area contributed by atoms with Gasteiger partial charge in [-0.05, 0) is 68.7 Å². The fourth-order valence-electron chi connectivity index (χ4n) is 5.25. The zero-order valence-corrected chi connectivity index (χ0v) is 23.9. The van der Waals surface area contributed by atoms with E-state index in [2.05, 4.69) is 11.9 Å². The minimum Gasteiger partial charge on any atom is -0.493 e. The summed E-state index contributed by atoms with van der Waals surface area (Å²) in [6, 6.07) is 4.73. The Bertz CT molecular complexity index is 1490. The van der Waals surface area contributed by atoms with Gasteiger partial charge in [-0.3, -0.25) is 4.79 Å². The van der Waals surface area contributed by atoms with Gasteiger partial charge in [-0.15, -0.1) is 0 Å². The molecular formula is C27H38N5O6S+. The van der Waals surface area contributed by atoms with Crippen LogP contribution in [0.4, 0.5) is 0 Å². The molecule has 2 aromatic heterocycles. The van der Waals surface area contributed by atoms with Gasteiger partial charge >= 0.3 is 0 Å². The van der Waals surface area contributed by atoms with Crippen molar-refractivity contribution in [1.82, 2.24) is 18.8 Å². The lowest BCUT2D eigenvalue weighted by Gasteiger charge is -2.31. The molecule has 3 heterocycles. The molecule has 1 saturated heterocycles. The molecule has 0 saturated carbocycles. The summed E-state index contributed by atoms with van der Waals surface area (Å²) in [5, 5.41) is 0. The lowest BCUT2D eigenvalue weighted by molar-refractivity contribution is -0.784. The number of fused-ring (bicyclic) bond motifs is 1. The van der Waals surface area contributed by atoms with Gasteiger partial charge in [-0.1, -0.05) is 13.3 Å². The number of nitrogens with zero attached hydrogens (tertiary/aromatic N) is 4. The van der Waals surface area contributed by atoms with E-state index in [4.69, 9.17) is 14.6 Å². The predicted octanol–water partition coefficient (Wildman–Crippen LogP) is 3.80. The number of aromatic nitrogens is 3. The number of piperidine rings is 1. The van der Waals surface area contributed by atoms with E-state index in [0.29, 0.717) is 59.5 Å². The predicted molar refractivity (Wildman–Crippen MR) is 148 cm³/mol. The van der Waals surface area contributed by atoms with Crippen LogP contribution in [-0.4, -0.2) is 65.5 Å². The molecule has 39 heavy (non-hydrogen) atoms. The minimum absolute atomic E-state index is 0.135. The Kier molecular flexibility index (Phi) is 9.06. The van der Waals surface area contributed by atoms with Gasteiger partial charge in [-0.25, -0.2) is 18.2 Å². The van der Waals surface area contributed by atoms with Gasteiger partial charge in [0.1, 0.15) is 17.1 Å². The zero-order chi connectivity index (χ0) is 28.2. The molecule has 0 spiro atoms. The fraction of sp³-hybridized carbons (Fsp3) is 0.556. The molecule has 1 aromatic carbocycles. The van der Waals surface area contributed by atoms with Crippen LogP contribution in [0.5, 0.6) is 5.75 Å². The number of hydrogen-bond acceptors (Lipinski definition) is 7. The molecule has 0 aliphatic carbocycles. The first kappa shape index (κ1) is 28.8. The summed E-state index contributed by atoms with van der Waals surface area (Å²) in [6.07, 6.45) is 6.73. The molecule has 0 amide bonds. The second kappa shape index (κ2) is 12.3. The number of aryl methyl sites for hydroxylation is 2. The van der Waals surface area contributed by atoms with Gasteiger partial charge in [0.15, 0.2) is 6.61 Å². The number of H-pyrrole nitrogens is 1. The molecule has 1 fully saturated rings. The summed E-state index contributed by atoms with van der Waals surface area (Å²) in [6.45, 7) is 5.49. The molecule has 1 aliphatic heterocycles. The first-order chi connectivity index (χ1) is 18.6. The summed E-state index contributed by atoms with van der Waals surface area (Å²) in [7, 11) is -0.637. The highest BCUT2D eigenvalue weighted by atomic mass is 32.2. The molecule has 0 radical (unpaired) electrons. The topological polar surface area (TPSA) is 127 Å². The number of hydrogen-bond donors (Lipinski definition) is 1. The number of ether oxygens (including phenoxy) is 1. The van der Waals surface area contributed by atoms with Gasteiger partial charge in [0.25, 0.3) is 5.56 Å². The lowest BCUT2D eigenvalue weighted by atomic mass is 9.93. The Morgan fingerprint density at radius 2 is 1.95 bits per heavy atom. The molecule has 11 nitrogen and oxygen atoms in total. The van der Waals surface area contributed by atoms with Gasteiger partial charge in [0.2, 0.25) is 22.0 Å². The van der Waals surface area contributed by atoms with Crippen molar-refractivity contribution in [2.24, 2.45) is 13.0 Å². The summed E-state index contributed by atoms with van der Waals surface area (Å²) in [4.78, 5) is 37.1. The van der Waals surface area contributed by atoms with Gasteiger partial charge in [-0.2, -0.15) is 4.31 Å². The van der Waals surface area contributed by atoms with E-state index in [9.17, 15) is 18.1 Å². The Morgan fingerprint density at radius 1 is 1.21 bits per heavy atom. The van der Waals surface area contributed by atoms with Crippen LogP contribution >= 0.6 is 0 Å². The Balaban J connectivity index is 1.61. The molecule has 212 valence electrons. The summed E-state index contributed by atoms with van der Waals surface area (Å²) < 4.78 is 36.4. The highest BCUT2D eigenvalue weighted by molar-refractivity contribution is 7.89. The van der Waals surface area contributed by atoms with Crippen molar-refractivity contribution >= 4 is 21.1 Å². The molecular weight excluding hydrogens is 522 g/mol. The molecule has 4 rings (SSSR count). The highest BCUT2D eigenvalue weighted by Gasteiger charge is 2.30. The number of aromatic amines is 1. The number of rotatable bonds is 12. The molecule has 0 bridgehead atoms. The average molecular weight is 561 g/mol. The van der Waals surface area contributed by atoms with E-state index in [1.807, 2.05) is 20.2 Å². The maximum Gasteiger partial charge on any atom is 0.275 e. The maximum absolute atomic E-state index is 13.6. The molecule has 0 unspecified atom stereocenters. The zero-order valence-electron chi connectivity index (χ0n) is 23.1. The van der Waals surface area contributed by atoms with Crippen molar-refractivity contribution in [2.75, 3.05) is 33.4 Å². The average Bonchev–Trinajstić information content (AvgIpc) is 3.22. The highest BCUT2D eigenvalue weighted by Crippen LogP contribution is 2.33. The number of benzene rings is 1. The second-order valence-electron chi connectivity index (χ2n) is 9.98. The van der Waals surface area contributed by atoms with Crippen LogP contribution in [0, 0.1) is 10.8 Å². The van der Waals surface area contributed by atoms with Crippen LogP contribution in [0.1, 0.15) is 51.5 Å². The first-order valence-electron chi connectivity index (χ1n) is 13.5. The standard InChI is InChI=1S/C27H37N5O6S/c1-5-8-20-18-30(3)25-24(20)28-26(29-27(25)33)22-17-21(10-11-23(22)37-6-2)39(35,36)32-14-12-19(13-15-32)9-7-16-38-31(4)34/h10-11,17-19H,5-9,12-16H2,1-4H3/p+1. The minimum atomic E-state index is -3.77. The third-order valence-electron chi connectivity index (χ3n) is 7.17. The smallest absolute Gasteiger partial charge is 0.275 e. The van der Waals surface area contributed by atoms with E-state index >= 15 is 0 Å². The van der Waals surface area contributed by atoms with E-state index in [0.717, 1.165) is 44.1 Å². The Morgan fingerprint density at radius 3 is 2.62 bits per heavy atom. The third-order valence-corrected chi connectivity index (χ3v) is 9.06. The van der Waals surface area contributed by atoms with E-state index < -0.39 is 10.0 Å². The number of sulfonamides is 1. The lowest BCUT2D eigenvalue weighted by Crippen LogP contribution is -2.38. The summed E-state index contributed by atoms with van der Waals surface area (Å²) in [5.74, 6) is 1.12. The van der Waals surface area contributed by atoms with Crippen LogP contribution in [0.25, 0.3) is 22.4 Å². The van der Waals surface area contributed by atoms with Crippen LogP contribution in [0.2, 0.25) is 0 Å². The Hall–Kier alpha value is -3.25. The van der Waals surface area contributed by atoms with Crippen molar-refractivity contribution in [3.8, 4) is 17.1 Å². The molecule has 0 atom stereocenters. The van der Waals surface area contributed by atoms with Crippen molar-refractivity contribution in [3.63, 3.8) is 0 Å². The van der Waals surface area contributed by atoms with Crippen LogP contribution in [0.15, 0.2) is 34.1 Å².